The monoisotopic (exact) mass is 428 g/mol. The molecule has 1 aliphatic heterocycles. The van der Waals surface area contributed by atoms with E-state index in [2.05, 4.69) is 66.0 Å². The van der Waals surface area contributed by atoms with Crippen LogP contribution in [-0.4, -0.2) is 36.3 Å². The van der Waals surface area contributed by atoms with Gasteiger partial charge in [-0.25, -0.2) is 0 Å². The number of benzene rings is 2. The fourth-order valence-corrected chi connectivity index (χ4v) is 4.43. The first-order valence-corrected chi connectivity index (χ1v) is 11.5. The molecule has 4 heteroatoms. The zero-order valence-corrected chi connectivity index (χ0v) is 19.3. The van der Waals surface area contributed by atoms with Crippen molar-refractivity contribution >= 4 is 29.5 Å². The average molecular weight is 429 g/mol. The normalized spacial score (nSPS) is 15.7. The van der Waals surface area contributed by atoms with Crippen molar-refractivity contribution in [3.8, 4) is 0 Å². The molecular weight excluding hydrogens is 396 g/mol. The summed E-state index contributed by atoms with van der Waals surface area (Å²) in [5, 5.41) is 2.88. The van der Waals surface area contributed by atoms with E-state index in [-0.39, 0.29) is 11.8 Å². The van der Waals surface area contributed by atoms with Crippen molar-refractivity contribution in [1.82, 2.24) is 10.2 Å². The van der Waals surface area contributed by atoms with Crippen LogP contribution >= 0.6 is 0 Å². The molecular formula is C28H32N2O2. The molecule has 1 N–H and O–H groups in total. The van der Waals surface area contributed by atoms with Crippen molar-refractivity contribution in [2.45, 2.75) is 40.0 Å². The summed E-state index contributed by atoms with van der Waals surface area (Å²) >= 11 is 0. The molecule has 1 aliphatic carbocycles. The first-order chi connectivity index (χ1) is 15.3. The molecule has 1 heterocycles. The second-order valence-electron chi connectivity index (χ2n) is 9.62. The molecule has 4 rings (SSSR count). The van der Waals surface area contributed by atoms with E-state index < -0.39 is 5.41 Å². The minimum absolute atomic E-state index is 0.0183. The fraction of sp³-hybridized carbons (Fsp3) is 0.357. The van der Waals surface area contributed by atoms with Gasteiger partial charge in [0.1, 0.15) is 0 Å². The van der Waals surface area contributed by atoms with Crippen LogP contribution in [0, 0.1) is 5.41 Å². The highest BCUT2D eigenvalue weighted by molar-refractivity contribution is 5.95. The molecule has 2 aromatic rings. The summed E-state index contributed by atoms with van der Waals surface area (Å²) in [4.78, 5) is 26.7. The van der Waals surface area contributed by atoms with Gasteiger partial charge < -0.3 is 10.2 Å². The van der Waals surface area contributed by atoms with Crippen molar-refractivity contribution in [1.29, 1.82) is 0 Å². The lowest BCUT2D eigenvalue weighted by molar-refractivity contribution is -0.132. The minimum atomic E-state index is -0.435. The van der Waals surface area contributed by atoms with E-state index in [4.69, 9.17) is 0 Å². The highest BCUT2D eigenvalue weighted by atomic mass is 16.2. The Morgan fingerprint density at radius 2 is 1.41 bits per heavy atom. The van der Waals surface area contributed by atoms with Crippen LogP contribution in [0.15, 0.2) is 54.1 Å². The molecule has 2 aliphatic rings. The zero-order chi connectivity index (χ0) is 22.7. The average Bonchev–Trinajstić information content (AvgIpc) is 2.95. The molecule has 32 heavy (non-hydrogen) atoms. The number of piperidine rings is 1. The number of hydrogen-bond acceptors (Lipinski definition) is 2. The van der Waals surface area contributed by atoms with Gasteiger partial charge in [-0.05, 0) is 40.7 Å². The summed E-state index contributed by atoms with van der Waals surface area (Å²) < 4.78 is 0. The third-order valence-corrected chi connectivity index (χ3v) is 6.28. The Morgan fingerprint density at radius 1 is 0.875 bits per heavy atom. The van der Waals surface area contributed by atoms with Gasteiger partial charge in [-0.2, -0.15) is 0 Å². The van der Waals surface area contributed by atoms with Gasteiger partial charge in [-0.15, -0.1) is 0 Å². The van der Waals surface area contributed by atoms with Crippen LogP contribution in [0.2, 0.25) is 0 Å². The van der Waals surface area contributed by atoms with E-state index in [0.29, 0.717) is 13.0 Å². The third-order valence-electron chi connectivity index (χ3n) is 6.28. The summed E-state index contributed by atoms with van der Waals surface area (Å²) in [6.07, 6.45) is 6.50. The number of nitrogens with zero attached hydrogens (tertiary/aromatic N) is 1. The molecule has 2 aromatic carbocycles. The molecule has 1 saturated heterocycles. The van der Waals surface area contributed by atoms with Crippen LogP contribution in [0.25, 0.3) is 17.7 Å². The van der Waals surface area contributed by atoms with Crippen molar-refractivity contribution in [2.75, 3.05) is 19.6 Å². The van der Waals surface area contributed by atoms with Gasteiger partial charge in [0.2, 0.25) is 11.8 Å². The maximum atomic E-state index is 12.7. The number of carbonyl (C=O) groups excluding carboxylic acids is 2. The van der Waals surface area contributed by atoms with Crippen molar-refractivity contribution < 1.29 is 9.59 Å². The fourth-order valence-electron chi connectivity index (χ4n) is 4.43. The molecule has 0 atom stereocenters. The lowest BCUT2D eigenvalue weighted by Gasteiger charge is -2.31. The van der Waals surface area contributed by atoms with Crippen LogP contribution in [0.4, 0.5) is 0 Å². The Morgan fingerprint density at radius 3 is 1.94 bits per heavy atom. The van der Waals surface area contributed by atoms with Crippen LogP contribution in [0.1, 0.15) is 62.3 Å². The van der Waals surface area contributed by atoms with Gasteiger partial charge in [0.25, 0.3) is 0 Å². The highest BCUT2D eigenvalue weighted by Gasteiger charge is 2.25. The Balaban J connectivity index is 1.49. The second-order valence-corrected chi connectivity index (χ2v) is 9.62. The molecule has 0 unspecified atom stereocenters. The van der Waals surface area contributed by atoms with Gasteiger partial charge >= 0.3 is 0 Å². The molecule has 4 nitrogen and oxygen atoms in total. The number of amides is 2. The van der Waals surface area contributed by atoms with E-state index in [1.54, 1.807) is 0 Å². The Kier molecular flexibility index (Phi) is 6.31. The summed E-state index contributed by atoms with van der Waals surface area (Å²) in [7, 11) is 0. The van der Waals surface area contributed by atoms with Gasteiger partial charge in [0, 0.05) is 31.5 Å². The maximum Gasteiger partial charge on any atom is 0.225 e. The lowest BCUT2D eigenvalue weighted by atomic mass is 9.86. The number of likely N-dealkylation sites (tertiary alicyclic amines) is 1. The molecule has 0 bridgehead atoms. The molecule has 0 saturated carbocycles. The number of fused-ring (bicyclic) bond motifs is 2. The standard InChI is InChI=1S/C28H32N2O2/c1-28(2,3)27(32)29-17-14-25(31)30-18-15-22(16-19-30)26-23-10-6-4-8-20(23)12-13-21-9-5-7-11-24(21)26/h4-13H,14-19H2,1-3H3,(H,29,32). The van der Waals surface area contributed by atoms with Crippen molar-refractivity contribution in [2.24, 2.45) is 5.41 Å². The largest absolute Gasteiger partial charge is 0.355 e. The van der Waals surface area contributed by atoms with Gasteiger partial charge in [0.05, 0.1) is 0 Å². The minimum Gasteiger partial charge on any atom is -0.355 e. The molecule has 1 fully saturated rings. The lowest BCUT2D eigenvalue weighted by Crippen LogP contribution is -2.40. The van der Waals surface area contributed by atoms with E-state index in [0.717, 1.165) is 25.9 Å². The SMILES string of the molecule is CC(C)(C)C(=O)NCCC(=O)N1CCC(=C2c3ccccc3C=Cc3ccccc32)CC1. The van der Waals surface area contributed by atoms with E-state index in [1.165, 1.54) is 33.4 Å². The molecule has 166 valence electrons. The number of nitrogens with one attached hydrogen (secondary N) is 1. The Labute approximate surface area is 191 Å². The molecule has 0 aromatic heterocycles. The number of rotatable bonds is 3. The van der Waals surface area contributed by atoms with Crippen LogP contribution in [0.3, 0.4) is 0 Å². The summed E-state index contributed by atoms with van der Waals surface area (Å²) in [5.74, 6) is 0.0989. The smallest absolute Gasteiger partial charge is 0.225 e. The highest BCUT2D eigenvalue weighted by Crippen LogP contribution is 2.38. The van der Waals surface area contributed by atoms with Gasteiger partial charge in [-0.3, -0.25) is 9.59 Å². The van der Waals surface area contributed by atoms with E-state index in [1.807, 2.05) is 25.7 Å². The van der Waals surface area contributed by atoms with Crippen LogP contribution in [-0.2, 0) is 9.59 Å². The predicted octanol–water partition coefficient (Wildman–Crippen LogP) is 5.15. The van der Waals surface area contributed by atoms with Crippen molar-refractivity contribution in [3.63, 3.8) is 0 Å². The van der Waals surface area contributed by atoms with Crippen LogP contribution in [0.5, 0.6) is 0 Å². The second kappa shape index (κ2) is 9.15. The van der Waals surface area contributed by atoms with E-state index >= 15 is 0 Å². The summed E-state index contributed by atoms with van der Waals surface area (Å²) in [6.45, 7) is 7.48. The first-order valence-electron chi connectivity index (χ1n) is 11.5. The summed E-state index contributed by atoms with van der Waals surface area (Å²) in [6, 6.07) is 17.1. The molecule has 0 spiro atoms. The van der Waals surface area contributed by atoms with Crippen LogP contribution < -0.4 is 5.32 Å². The van der Waals surface area contributed by atoms with E-state index in [9.17, 15) is 9.59 Å². The quantitative estimate of drug-likeness (QED) is 0.627. The third kappa shape index (κ3) is 4.69. The molecule has 0 radical (unpaired) electrons. The maximum absolute atomic E-state index is 12.7. The number of carbonyl (C=O) groups is 2. The molecule has 2 amide bonds. The first kappa shape index (κ1) is 22.1. The number of hydrogen-bond donors (Lipinski definition) is 1. The summed E-state index contributed by atoms with van der Waals surface area (Å²) in [5.41, 5.74) is 7.32. The predicted molar refractivity (Wildman–Crippen MR) is 131 cm³/mol. The Hall–Kier alpha value is -3.14. The topological polar surface area (TPSA) is 49.4 Å². The van der Waals surface area contributed by atoms with Gasteiger partial charge in [0.15, 0.2) is 0 Å². The van der Waals surface area contributed by atoms with Crippen molar-refractivity contribution in [3.05, 3.63) is 76.4 Å². The Bertz CT molecular complexity index is 1030. The van der Waals surface area contributed by atoms with Gasteiger partial charge in [-0.1, -0.05) is 87.0 Å². The zero-order valence-electron chi connectivity index (χ0n) is 19.3.